The van der Waals surface area contributed by atoms with E-state index in [2.05, 4.69) is 23.2 Å². The quantitative estimate of drug-likeness (QED) is 0.201. The van der Waals surface area contributed by atoms with Crippen LogP contribution in [0.15, 0.2) is 91.3 Å². The third-order valence-corrected chi connectivity index (χ3v) is 6.30. The maximum atomic E-state index is 5.30. The molecule has 240 valence electrons. The molecule has 0 spiro atoms. The summed E-state index contributed by atoms with van der Waals surface area (Å²) in [5.74, 6) is 4.16. The SMILES string of the molecule is CC.CC.CC.CC.c1cc2c(cn1)OCC2.c1ccc2c(c1)CCO2.c1ccc2c(c1)CCO2.c1ccc2c(c1)CCO2. The Kier molecular flexibility index (Phi) is 21.1. The third-order valence-electron chi connectivity index (χ3n) is 6.30. The number of nitrogens with zero attached hydrogens (tertiary/aromatic N) is 1. The smallest absolute Gasteiger partial charge is 0.140 e. The van der Waals surface area contributed by atoms with Crippen LogP contribution in [0.5, 0.6) is 23.0 Å². The van der Waals surface area contributed by atoms with Gasteiger partial charge in [0.1, 0.15) is 23.0 Å². The van der Waals surface area contributed by atoms with Gasteiger partial charge in [0.2, 0.25) is 0 Å². The van der Waals surface area contributed by atoms with Gasteiger partial charge in [-0.05, 0) is 41.0 Å². The number of pyridine rings is 1. The first kappa shape index (κ1) is 38.0. The minimum Gasteiger partial charge on any atom is -0.493 e. The van der Waals surface area contributed by atoms with E-state index >= 15 is 0 Å². The number of rotatable bonds is 0. The molecule has 0 aliphatic carbocycles. The number of aromatic nitrogens is 1. The van der Waals surface area contributed by atoms with Crippen LogP contribution < -0.4 is 18.9 Å². The van der Waals surface area contributed by atoms with Crippen LogP contribution in [-0.2, 0) is 25.7 Å². The molecule has 0 atom stereocenters. The summed E-state index contributed by atoms with van der Waals surface area (Å²) in [6.07, 6.45) is 7.84. The number of para-hydroxylation sites is 3. The lowest BCUT2D eigenvalue weighted by molar-refractivity contribution is 0.355. The molecule has 0 saturated carbocycles. The molecule has 4 aliphatic rings. The molecule has 0 amide bonds. The molecule has 0 bridgehead atoms. The maximum Gasteiger partial charge on any atom is 0.140 e. The van der Waals surface area contributed by atoms with E-state index < -0.39 is 0 Å². The summed E-state index contributed by atoms with van der Waals surface area (Å²) in [7, 11) is 0. The van der Waals surface area contributed by atoms with E-state index in [-0.39, 0.29) is 0 Å². The van der Waals surface area contributed by atoms with E-state index in [0.29, 0.717) is 0 Å². The average Bonchev–Trinajstić information content (AvgIpc) is 3.96. The second kappa shape index (κ2) is 24.5. The topological polar surface area (TPSA) is 49.8 Å². The monoisotopic (exact) mass is 601 g/mol. The van der Waals surface area contributed by atoms with E-state index in [1.807, 2.05) is 116 Å². The number of hydrogen-bond acceptors (Lipinski definition) is 5. The van der Waals surface area contributed by atoms with Crippen LogP contribution in [0.3, 0.4) is 0 Å². The van der Waals surface area contributed by atoms with Crippen molar-refractivity contribution in [2.75, 3.05) is 26.4 Å². The third kappa shape index (κ3) is 12.7. The van der Waals surface area contributed by atoms with Crippen LogP contribution in [0.2, 0.25) is 0 Å². The summed E-state index contributed by atoms with van der Waals surface area (Å²) >= 11 is 0. The van der Waals surface area contributed by atoms with Gasteiger partial charge in [0.25, 0.3) is 0 Å². The van der Waals surface area contributed by atoms with Crippen molar-refractivity contribution in [3.05, 3.63) is 114 Å². The Bertz CT molecular complexity index is 984. The fourth-order valence-electron chi connectivity index (χ4n) is 4.38. The van der Waals surface area contributed by atoms with Crippen molar-refractivity contribution >= 4 is 0 Å². The standard InChI is InChI=1S/3C8H8O.C7H7NO.4C2H6/c3*1-2-4-8-7(3-1)5-6-9-8;1-3-8-5-7-6(1)2-4-9-7;4*1-2/h3*1-4H,5-6H2;1,3,5H,2,4H2;4*1-2H3. The number of hydrogen-bond donors (Lipinski definition) is 0. The lowest BCUT2D eigenvalue weighted by atomic mass is 10.2. The van der Waals surface area contributed by atoms with Crippen molar-refractivity contribution in [1.29, 1.82) is 0 Å². The predicted molar refractivity (Wildman–Crippen MR) is 186 cm³/mol. The van der Waals surface area contributed by atoms with Crippen LogP contribution in [0.25, 0.3) is 0 Å². The van der Waals surface area contributed by atoms with Gasteiger partial charge in [-0.2, -0.15) is 0 Å². The highest BCUT2D eigenvalue weighted by molar-refractivity contribution is 5.37. The molecule has 0 fully saturated rings. The summed E-state index contributed by atoms with van der Waals surface area (Å²) in [5.41, 5.74) is 5.32. The molecular formula is C39H55NO4. The van der Waals surface area contributed by atoms with Crippen LogP contribution in [-0.4, -0.2) is 31.4 Å². The Morgan fingerprint density at radius 1 is 0.386 bits per heavy atom. The molecule has 5 heterocycles. The van der Waals surface area contributed by atoms with Crippen LogP contribution >= 0.6 is 0 Å². The Hall–Kier alpha value is -3.99. The minimum absolute atomic E-state index is 0.820. The number of ether oxygens (including phenoxy) is 4. The van der Waals surface area contributed by atoms with Gasteiger partial charge >= 0.3 is 0 Å². The van der Waals surface area contributed by atoms with Crippen molar-refractivity contribution in [1.82, 2.24) is 4.98 Å². The lowest BCUT2D eigenvalue weighted by Crippen LogP contribution is -1.85. The first-order valence-electron chi connectivity index (χ1n) is 16.5. The Balaban J connectivity index is 0.000000272. The van der Waals surface area contributed by atoms with Gasteiger partial charge in [-0.15, -0.1) is 0 Å². The summed E-state index contributed by atoms with van der Waals surface area (Å²) in [4.78, 5) is 3.93. The molecule has 5 nitrogen and oxygen atoms in total. The van der Waals surface area contributed by atoms with Gasteiger partial charge in [-0.1, -0.05) is 110 Å². The van der Waals surface area contributed by atoms with Crippen molar-refractivity contribution in [2.45, 2.75) is 81.1 Å². The molecule has 44 heavy (non-hydrogen) atoms. The fourth-order valence-corrected chi connectivity index (χ4v) is 4.38. The van der Waals surface area contributed by atoms with Crippen molar-refractivity contribution in [3.63, 3.8) is 0 Å². The normalized spacial score (nSPS) is 12.5. The zero-order valence-corrected chi connectivity index (χ0v) is 28.4. The molecule has 0 unspecified atom stereocenters. The van der Waals surface area contributed by atoms with Crippen molar-refractivity contribution < 1.29 is 18.9 Å². The molecule has 4 aliphatic heterocycles. The van der Waals surface area contributed by atoms with Crippen molar-refractivity contribution in [2.24, 2.45) is 0 Å². The van der Waals surface area contributed by atoms with E-state index in [4.69, 9.17) is 18.9 Å². The van der Waals surface area contributed by atoms with E-state index in [0.717, 1.165) is 75.1 Å². The maximum absolute atomic E-state index is 5.30. The average molecular weight is 602 g/mol. The number of benzene rings is 3. The van der Waals surface area contributed by atoms with Gasteiger partial charge in [0.05, 0.1) is 32.6 Å². The summed E-state index contributed by atoms with van der Waals surface area (Å²) in [5, 5.41) is 0. The van der Waals surface area contributed by atoms with Gasteiger partial charge < -0.3 is 18.9 Å². The molecule has 8 rings (SSSR count). The molecule has 0 radical (unpaired) electrons. The Labute approximate surface area is 267 Å². The summed E-state index contributed by atoms with van der Waals surface area (Å²) in [6.45, 7) is 19.4. The highest BCUT2D eigenvalue weighted by Crippen LogP contribution is 2.25. The zero-order chi connectivity index (χ0) is 32.4. The van der Waals surface area contributed by atoms with Crippen LogP contribution in [0, 0.1) is 0 Å². The molecular weight excluding hydrogens is 546 g/mol. The van der Waals surface area contributed by atoms with E-state index in [9.17, 15) is 0 Å². The second-order valence-electron chi connectivity index (χ2n) is 8.70. The largest absolute Gasteiger partial charge is 0.493 e. The number of fused-ring (bicyclic) bond motifs is 4. The van der Waals surface area contributed by atoms with Gasteiger partial charge in [0, 0.05) is 37.4 Å². The van der Waals surface area contributed by atoms with Crippen LogP contribution in [0.1, 0.15) is 77.6 Å². The minimum atomic E-state index is 0.820. The Morgan fingerprint density at radius 2 is 0.682 bits per heavy atom. The molecule has 0 saturated heterocycles. The highest BCUT2D eigenvalue weighted by atomic mass is 16.5. The van der Waals surface area contributed by atoms with Gasteiger partial charge in [-0.25, -0.2) is 0 Å². The Morgan fingerprint density at radius 3 is 1.00 bits per heavy atom. The van der Waals surface area contributed by atoms with Gasteiger partial charge in [0.15, 0.2) is 0 Å². The first-order valence-corrected chi connectivity index (χ1v) is 16.5. The highest BCUT2D eigenvalue weighted by Gasteiger charge is 2.11. The molecule has 1 aromatic heterocycles. The first-order chi connectivity index (χ1) is 21.9. The predicted octanol–water partition coefficient (Wildman–Crippen LogP) is 9.99. The second-order valence-corrected chi connectivity index (χ2v) is 8.70. The zero-order valence-electron chi connectivity index (χ0n) is 28.4. The molecule has 4 aromatic rings. The molecule has 3 aromatic carbocycles. The van der Waals surface area contributed by atoms with Crippen molar-refractivity contribution in [3.8, 4) is 23.0 Å². The van der Waals surface area contributed by atoms with E-state index in [1.54, 1.807) is 12.4 Å². The molecule has 0 N–H and O–H groups in total. The molecule has 5 heteroatoms. The lowest BCUT2D eigenvalue weighted by Gasteiger charge is -1.93. The van der Waals surface area contributed by atoms with Crippen LogP contribution in [0.4, 0.5) is 0 Å². The fraction of sp³-hybridized carbons (Fsp3) is 0.410. The van der Waals surface area contributed by atoms with Gasteiger partial charge in [-0.3, -0.25) is 4.98 Å². The summed E-state index contributed by atoms with van der Waals surface area (Å²) in [6, 6.07) is 26.6. The summed E-state index contributed by atoms with van der Waals surface area (Å²) < 4.78 is 21.1. The van der Waals surface area contributed by atoms with E-state index in [1.165, 1.54) is 22.3 Å².